The highest BCUT2D eigenvalue weighted by Gasteiger charge is 2.36. The fourth-order valence-electron chi connectivity index (χ4n) is 3.73. The Bertz CT molecular complexity index is 926. The maximum absolute atomic E-state index is 10.4. The van der Waals surface area contributed by atoms with Crippen LogP contribution in [-0.2, 0) is 28.0 Å². The van der Waals surface area contributed by atoms with Crippen LogP contribution in [0.25, 0.3) is 10.8 Å². The maximum Gasteiger partial charge on any atom is 0.293 e. The maximum atomic E-state index is 10.4. The Labute approximate surface area is 147 Å². The van der Waals surface area contributed by atoms with E-state index in [4.69, 9.17) is 9.47 Å². The molecular weight excluding hydrogens is 312 g/mol. The molecule has 0 saturated carbocycles. The molecule has 0 spiro atoms. The SMILES string of the molecule is CC1(Cc2cccc3ccccc23)COc2cc(COC=O)ccc21. The monoisotopic (exact) mass is 332 g/mol. The molecule has 4 rings (SSSR count). The van der Waals surface area contributed by atoms with Gasteiger partial charge in [-0.1, -0.05) is 61.5 Å². The average molecular weight is 332 g/mol. The minimum atomic E-state index is -0.0660. The van der Waals surface area contributed by atoms with E-state index < -0.39 is 0 Å². The second-order valence-electron chi connectivity index (χ2n) is 6.90. The van der Waals surface area contributed by atoms with Gasteiger partial charge in [-0.05, 0) is 34.4 Å². The van der Waals surface area contributed by atoms with Crippen molar-refractivity contribution in [3.05, 3.63) is 77.4 Å². The van der Waals surface area contributed by atoms with Crippen LogP contribution in [-0.4, -0.2) is 13.1 Å². The van der Waals surface area contributed by atoms with Crippen LogP contribution in [0.15, 0.2) is 60.7 Å². The summed E-state index contributed by atoms with van der Waals surface area (Å²) < 4.78 is 10.8. The largest absolute Gasteiger partial charge is 0.492 e. The molecule has 0 saturated heterocycles. The van der Waals surface area contributed by atoms with Gasteiger partial charge in [0.25, 0.3) is 6.47 Å². The van der Waals surface area contributed by atoms with Crippen LogP contribution in [0.3, 0.4) is 0 Å². The third-order valence-corrected chi connectivity index (χ3v) is 5.02. The minimum absolute atomic E-state index is 0.0660. The minimum Gasteiger partial charge on any atom is -0.492 e. The van der Waals surface area contributed by atoms with Crippen LogP contribution in [0.2, 0.25) is 0 Å². The van der Waals surface area contributed by atoms with E-state index in [1.54, 1.807) is 0 Å². The molecule has 1 unspecified atom stereocenters. The van der Waals surface area contributed by atoms with E-state index in [1.807, 2.05) is 12.1 Å². The number of carbonyl (C=O) groups is 1. The van der Waals surface area contributed by atoms with Crippen LogP contribution in [0.4, 0.5) is 0 Å². The van der Waals surface area contributed by atoms with E-state index in [0.717, 1.165) is 17.7 Å². The van der Waals surface area contributed by atoms with Crippen molar-refractivity contribution in [1.29, 1.82) is 0 Å². The summed E-state index contributed by atoms with van der Waals surface area (Å²) in [5.74, 6) is 0.898. The summed E-state index contributed by atoms with van der Waals surface area (Å²) in [4.78, 5) is 10.4. The Kier molecular flexibility index (Phi) is 3.92. The first-order chi connectivity index (χ1) is 12.2. The Morgan fingerprint density at radius 1 is 1.12 bits per heavy atom. The van der Waals surface area contributed by atoms with Crippen LogP contribution in [0.5, 0.6) is 5.75 Å². The third kappa shape index (κ3) is 2.86. The summed E-state index contributed by atoms with van der Waals surface area (Å²) in [5, 5.41) is 2.57. The smallest absolute Gasteiger partial charge is 0.293 e. The molecule has 0 amide bonds. The lowest BCUT2D eigenvalue weighted by Crippen LogP contribution is -2.26. The van der Waals surface area contributed by atoms with Gasteiger partial charge in [-0.2, -0.15) is 0 Å². The van der Waals surface area contributed by atoms with Crippen molar-refractivity contribution in [3.8, 4) is 5.75 Å². The second kappa shape index (κ2) is 6.25. The predicted octanol–water partition coefficient (Wildman–Crippen LogP) is 4.41. The van der Waals surface area contributed by atoms with E-state index >= 15 is 0 Å². The first kappa shape index (κ1) is 15.7. The van der Waals surface area contributed by atoms with E-state index in [-0.39, 0.29) is 12.0 Å². The van der Waals surface area contributed by atoms with E-state index in [1.165, 1.54) is 21.9 Å². The summed E-state index contributed by atoms with van der Waals surface area (Å²) in [6.07, 6.45) is 0.922. The lowest BCUT2D eigenvalue weighted by atomic mass is 9.78. The molecule has 0 N–H and O–H groups in total. The molecule has 3 heteroatoms. The van der Waals surface area contributed by atoms with Gasteiger partial charge in [-0.3, -0.25) is 4.79 Å². The zero-order chi connectivity index (χ0) is 17.3. The number of ether oxygens (including phenoxy) is 2. The highest BCUT2D eigenvalue weighted by Crippen LogP contribution is 2.42. The third-order valence-electron chi connectivity index (χ3n) is 5.02. The van der Waals surface area contributed by atoms with E-state index in [9.17, 15) is 4.79 Å². The molecule has 1 aliphatic heterocycles. The highest BCUT2D eigenvalue weighted by atomic mass is 16.5. The zero-order valence-corrected chi connectivity index (χ0v) is 14.2. The van der Waals surface area contributed by atoms with Gasteiger partial charge in [0.2, 0.25) is 0 Å². The number of hydrogen-bond donors (Lipinski definition) is 0. The lowest BCUT2D eigenvalue weighted by Gasteiger charge is -2.24. The summed E-state index contributed by atoms with van der Waals surface area (Å²) in [5.41, 5.74) is 3.43. The van der Waals surface area contributed by atoms with Crippen LogP contribution < -0.4 is 4.74 Å². The normalized spacial score (nSPS) is 18.6. The molecular formula is C22H20O3. The topological polar surface area (TPSA) is 35.5 Å². The van der Waals surface area contributed by atoms with Gasteiger partial charge in [-0.15, -0.1) is 0 Å². The molecule has 0 radical (unpaired) electrons. The Morgan fingerprint density at radius 2 is 1.96 bits per heavy atom. The Morgan fingerprint density at radius 3 is 2.84 bits per heavy atom. The molecule has 1 aliphatic rings. The van der Waals surface area contributed by atoms with E-state index in [2.05, 4.69) is 55.5 Å². The van der Waals surface area contributed by atoms with Crippen LogP contribution >= 0.6 is 0 Å². The van der Waals surface area contributed by atoms with Gasteiger partial charge in [0, 0.05) is 11.0 Å². The number of carbonyl (C=O) groups excluding carboxylic acids is 1. The molecule has 3 aromatic rings. The fourth-order valence-corrected chi connectivity index (χ4v) is 3.73. The number of benzene rings is 3. The molecule has 1 atom stereocenters. The quantitative estimate of drug-likeness (QED) is 0.649. The van der Waals surface area contributed by atoms with Gasteiger partial charge in [0.1, 0.15) is 12.4 Å². The van der Waals surface area contributed by atoms with Crippen molar-refractivity contribution in [1.82, 2.24) is 0 Å². The number of fused-ring (bicyclic) bond motifs is 2. The summed E-state index contributed by atoms with van der Waals surface area (Å²) in [7, 11) is 0. The summed E-state index contributed by atoms with van der Waals surface area (Å²) >= 11 is 0. The molecule has 3 aromatic carbocycles. The zero-order valence-electron chi connectivity index (χ0n) is 14.2. The Balaban J connectivity index is 1.67. The molecule has 0 fully saturated rings. The van der Waals surface area contributed by atoms with E-state index in [0.29, 0.717) is 13.1 Å². The van der Waals surface area contributed by atoms with Crippen molar-refractivity contribution in [2.24, 2.45) is 0 Å². The van der Waals surface area contributed by atoms with Gasteiger partial charge in [0.15, 0.2) is 0 Å². The number of rotatable bonds is 5. The number of hydrogen-bond acceptors (Lipinski definition) is 3. The molecule has 0 bridgehead atoms. The van der Waals surface area contributed by atoms with Crippen molar-refractivity contribution >= 4 is 17.2 Å². The van der Waals surface area contributed by atoms with Gasteiger partial charge >= 0.3 is 0 Å². The van der Waals surface area contributed by atoms with Crippen molar-refractivity contribution < 1.29 is 14.3 Å². The van der Waals surface area contributed by atoms with Crippen LogP contribution in [0.1, 0.15) is 23.6 Å². The molecule has 25 heavy (non-hydrogen) atoms. The first-order valence-corrected chi connectivity index (χ1v) is 8.48. The second-order valence-corrected chi connectivity index (χ2v) is 6.90. The fraction of sp³-hybridized carbons (Fsp3) is 0.227. The highest BCUT2D eigenvalue weighted by molar-refractivity contribution is 5.85. The standard InChI is InChI=1S/C22H20O3/c1-22(12-18-7-4-6-17-5-2-3-8-19(17)18)14-25-21-11-16(13-24-15-23)9-10-20(21)22/h2-11,15H,12-14H2,1H3. The molecule has 3 nitrogen and oxygen atoms in total. The molecule has 0 aromatic heterocycles. The summed E-state index contributed by atoms with van der Waals surface area (Å²) in [6.45, 7) is 3.66. The predicted molar refractivity (Wildman–Crippen MR) is 97.8 cm³/mol. The van der Waals surface area contributed by atoms with Crippen molar-refractivity contribution in [2.45, 2.75) is 25.4 Å². The van der Waals surface area contributed by atoms with Gasteiger partial charge < -0.3 is 9.47 Å². The molecule has 126 valence electrons. The van der Waals surface area contributed by atoms with Crippen LogP contribution in [0, 0.1) is 0 Å². The summed E-state index contributed by atoms with van der Waals surface area (Å²) in [6, 6.07) is 21.1. The van der Waals surface area contributed by atoms with Crippen molar-refractivity contribution in [2.75, 3.05) is 6.61 Å². The van der Waals surface area contributed by atoms with Gasteiger partial charge in [0.05, 0.1) is 6.61 Å². The van der Waals surface area contributed by atoms with Gasteiger partial charge in [-0.25, -0.2) is 0 Å². The lowest BCUT2D eigenvalue weighted by molar-refractivity contribution is -0.129. The Hall–Kier alpha value is -2.81. The average Bonchev–Trinajstić information content (AvgIpc) is 2.96. The van der Waals surface area contributed by atoms with Crippen molar-refractivity contribution in [3.63, 3.8) is 0 Å². The first-order valence-electron chi connectivity index (χ1n) is 8.48. The molecule has 0 aliphatic carbocycles. The molecule has 1 heterocycles.